The van der Waals surface area contributed by atoms with E-state index in [0.29, 0.717) is 18.9 Å². The van der Waals surface area contributed by atoms with Gasteiger partial charge in [-0.05, 0) is 39.4 Å². The molecule has 2 heterocycles. The van der Waals surface area contributed by atoms with Gasteiger partial charge in [-0.15, -0.1) is 0 Å². The Morgan fingerprint density at radius 1 is 1.35 bits per heavy atom. The normalized spacial score (nSPS) is 26.9. The van der Waals surface area contributed by atoms with Crippen molar-refractivity contribution in [1.29, 1.82) is 0 Å². The first-order valence-corrected chi connectivity index (χ1v) is 6.32. The van der Waals surface area contributed by atoms with Gasteiger partial charge in [0.15, 0.2) is 0 Å². The number of nitrogens with one attached hydrogen (secondary N) is 1. The minimum Gasteiger partial charge on any atom is -0.344 e. The first kappa shape index (κ1) is 12.4. The molecule has 0 radical (unpaired) electrons. The predicted molar refractivity (Wildman–Crippen MR) is 64.5 cm³/mol. The van der Waals surface area contributed by atoms with Crippen LogP contribution in [0.25, 0.3) is 0 Å². The number of amides is 2. The number of likely N-dealkylation sites (tertiary alicyclic amines) is 1. The molecule has 0 bridgehead atoms. The standard InChI is InChI=1S/C12H21N3O2/c1-14-7-5-9(6-8-14)15(2)12(17)10-3-4-11(16)13-10/h9-10H,3-8H2,1-2H3,(H,13,16). The molecule has 0 aliphatic carbocycles. The fourth-order valence-corrected chi connectivity index (χ4v) is 2.61. The highest BCUT2D eigenvalue weighted by Gasteiger charge is 2.32. The molecule has 0 aromatic rings. The number of carbonyl (C=O) groups excluding carboxylic acids is 2. The van der Waals surface area contributed by atoms with Crippen LogP contribution in [0.4, 0.5) is 0 Å². The molecule has 2 amide bonds. The van der Waals surface area contributed by atoms with Gasteiger partial charge in [-0.25, -0.2) is 0 Å². The smallest absolute Gasteiger partial charge is 0.245 e. The third-order valence-corrected chi connectivity index (χ3v) is 3.88. The molecule has 2 aliphatic rings. The SMILES string of the molecule is CN1CCC(N(C)C(=O)C2CCC(=O)N2)CC1. The van der Waals surface area contributed by atoms with E-state index in [1.54, 1.807) is 0 Å². The zero-order valence-electron chi connectivity index (χ0n) is 10.6. The third kappa shape index (κ3) is 2.77. The maximum absolute atomic E-state index is 12.2. The van der Waals surface area contributed by atoms with E-state index in [4.69, 9.17) is 0 Å². The average Bonchev–Trinajstić information content (AvgIpc) is 2.75. The summed E-state index contributed by atoms with van der Waals surface area (Å²) in [5.41, 5.74) is 0. The quantitative estimate of drug-likeness (QED) is 0.727. The number of carbonyl (C=O) groups is 2. The van der Waals surface area contributed by atoms with E-state index in [0.717, 1.165) is 25.9 Å². The molecule has 0 saturated carbocycles. The molecule has 5 nitrogen and oxygen atoms in total. The van der Waals surface area contributed by atoms with Gasteiger partial charge in [-0.3, -0.25) is 9.59 Å². The van der Waals surface area contributed by atoms with Crippen LogP contribution >= 0.6 is 0 Å². The van der Waals surface area contributed by atoms with Crippen LogP contribution in [0.5, 0.6) is 0 Å². The lowest BCUT2D eigenvalue weighted by Crippen LogP contribution is -2.50. The minimum atomic E-state index is -0.285. The summed E-state index contributed by atoms with van der Waals surface area (Å²) in [5.74, 6) is 0.0746. The van der Waals surface area contributed by atoms with Crippen molar-refractivity contribution in [2.45, 2.75) is 37.8 Å². The van der Waals surface area contributed by atoms with Crippen LogP contribution in [-0.2, 0) is 9.59 Å². The van der Waals surface area contributed by atoms with Gasteiger partial charge in [-0.1, -0.05) is 0 Å². The molecule has 2 fully saturated rings. The largest absolute Gasteiger partial charge is 0.344 e. The highest BCUT2D eigenvalue weighted by molar-refractivity contribution is 5.90. The molecular formula is C12H21N3O2. The second-order valence-electron chi connectivity index (χ2n) is 5.14. The molecule has 5 heteroatoms. The van der Waals surface area contributed by atoms with Gasteiger partial charge in [-0.2, -0.15) is 0 Å². The Morgan fingerprint density at radius 3 is 2.53 bits per heavy atom. The molecule has 1 N–H and O–H groups in total. The van der Waals surface area contributed by atoms with E-state index >= 15 is 0 Å². The molecule has 0 aromatic heterocycles. The fraction of sp³-hybridized carbons (Fsp3) is 0.833. The Balaban J connectivity index is 1.88. The molecule has 17 heavy (non-hydrogen) atoms. The highest BCUT2D eigenvalue weighted by Crippen LogP contribution is 2.17. The lowest BCUT2D eigenvalue weighted by Gasteiger charge is -2.36. The molecule has 2 saturated heterocycles. The predicted octanol–water partition coefficient (Wildman–Crippen LogP) is -0.182. The molecule has 0 aromatic carbocycles. The van der Waals surface area contributed by atoms with Crippen molar-refractivity contribution in [3.05, 3.63) is 0 Å². The molecular weight excluding hydrogens is 218 g/mol. The van der Waals surface area contributed by atoms with Gasteiger partial charge >= 0.3 is 0 Å². The maximum Gasteiger partial charge on any atom is 0.245 e. The number of hydrogen-bond acceptors (Lipinski definition) is 3. The average molecular weight is 239 g/mol. The Kier molecular flexibility index (Phi) is 3.66. The number of rotatable bonds is 2. The molecule has 0 spiro atoms. The number of piperidine rings is 1. The second-order valence-corrected chi connectivity index (χ2v) is 5.14. The fourth-order valence-electron chi connectivity index (χ4n) is 2.61. The van der Waals surface area contributed by atoms with Crippen molar-refractivity contribution in [3.63, 3.8) is 0 Å². The first-order chi connectivity index (χ1) is 8.08. The number of hydrogen-bond donors (Lipinski definition) is 1. The zero-order chi connectivity index (χ0) is 12.4. The number of nitrogens with zero attached hydrogens (tertiary/aromatic N) is 2. The Morgan fingerprint density at radius 2 is 2.00 bits per heavy atom. The van der Waals surface area contributed by atoms with E-state index < -0.39 is 0 Å². The van der Waals surface area contributed by atoms with E-state index in [1.165, 1.54) is 0 Å². The van der Waals surface area contributed by atoms with Crippen molar-refractivity contribution in [3.8, 4) is 0 Å². The topological polar surface area (TPSA) is 52.7 Å². The van der Waals surface area contributed by atoms with Crippen LogP contribution in [0.2, 0.25) is 0 Å². The number of likely N-dealkylation sites (N-methyl/N-ethyl adjacent to an activating group) is 1. The Bertz CT molecular complexity index is 311. The van der Waals surface area contributed by atoms with Crippen LogP contribution in [-0.4, -0.2) is 60.9 Å². The summed E-state index contributed by atoms with van der Waals surface area (Å²) in [4.78, 5) is 27.4. The highest BCUT2D eigenvalue weighted by atomic mass is 16.2. The maximum atomic E-state index is 12.2. The van der Waals surface area contributed by atoms with Gasteiger partial charge in [0.2, 0.25) is 11.8 Å². The minimum absolute atomic E-state index is 0.000118. The van der Waals surface area contributed by atoms with Crippen LogP contribution in [0.1, 0.15) is 25.7 Å². The van der Waals surface area contributed by atoms with Crippen molar-refractivity contribution >= 4 is 11.8 Å². The Labute approximate surface area is 102 Å². The van der Waals surface area contributed by atoms with Gasteiger partial charge in [0.05, 0.1) is 0 Å². The van der Waals surface area contributed by atoms with Crippen LogP contribution in [0, 0.1) is 0 Å². The molecule has 1 atom stereocenters. The van der Waals surface area contributed by atoms with Crippen LogP contribution < -0.4 is 5.32 Å². The summed E-state index contributed by atoms with van der Waals surface area (Å²) in [6, 6.07) is 0.0448. The molecule has 2 aliphatic heterocycles. The summed E-state index contributed by atoms with van der Waals surface area (Å²) in [7, 11) is 3.97. The Hall–Kier alpha value is -1.10. The summed E-state index contributed by atoms with van der Waals surface area (Å²) in [6.07, 6.45) is 3.19. The molecule has 96 valence electrons. The van der Waals surface area contributed by atoms with Crippen molar-refractivity contribution < 1.29 is 9.59 Å². The van der Waals surface area contributed by atoms with Crippen molar-refractivity contribution in [2.24, 2.45) is 0 Å². The van der Waals surface area contributed by atoms with Crippen molar-refractivity contribution in [2.75, 3.05) is 27.2 Å². The summed E-state index contributed by atoms with van der Waals surface area (Å²) in [6.45, 7) is 2.08. The van der Waals surface area contributed by atoms with Crippen LogP contribution in [0.3, 0.4) is 0 Å². The lowest BCUT2D eigenvalue weighted by molar-refractivity contribution is -0.135. The molecule has 1 unspecified atom stereocenters. The summed E-state index contributed by atoms with van der Waals surface area (Å²) in [5, 5.41) is 2.74. The van der Waals surface area contributed by atoms with Crippen LogP contribution in [0.15, 0.2) is 0 Å². The van der Waals surface area contributed by atoms with Gasteiger partial charge < -0.3 is 15.1 Å². The van der Waals surface area contributed by atoms with E-state index in [2.05, 4.69) is 17.3 Å². The second kappa shape index (κ2) is 5.04. The van der Waals surface area contributed by atoms with Crippen molar-refractivity contribution in [1.82, 2.24) is 15.1 Å². The summed E-state index contributed by atoms with van der Waals surface area (Å²) >= 11 is 0. The molecule has 2 rings (SSSR count). The van der Waals surface area contributed by atoms with E-state index in [1.807, 2.05) is 11.9 Å². The van der Waals surface area contributed by atoms with Gasteiger partial charge in [0, 0.05) is 19.5 Å². The first-order valence-electron chi connectivity index (χ1n) is 6.32. The van der Waals surface area contributed by atoms with Gasteiger partial charge in [0.25, 0.3) is 0 Å². The van der Waals surface area contributed by atoms with E-state index in [9.17, 15) is 9.59 Å². The third-order valence-electron chi connectivity index (χ3n) is 3.88. The monoisotopic (exact) mass is 239 g/mol. The summed E-state index contributed by atoms with van der Waals surface area (Å²) < 4.78 is 0. The zero-order valence-corrected chi connectivity index (χ0v) is 10.6. The van der Waals surface area contributed by atoms with Gasteiger partial charge in [0.1, 0.15) is 6.04 Å². The van der Waals surface area contributed by atoms with E-state index in [-0.39, 0.29) is 17.9 Å². The lowest BCUT2D eigenvalue weighted by atomic mass is 10.0.